The van der Waals surface area contributed by atoms with Crippen molar-refractivity contribution in [3.63, 3.8) is 0 Å². The number of rotatable bonds is 8. The van der Waals surface area contributed by atoms with Crippen molar-refractivity contribution in [3.8, 4) is 5.75 Å². The summed E-state index contributed by atoms with van der Waals surface area (Å²) in [5.41, 5.74) is 1.64. The molecule has 1 unspecified atom stereocenters. The van der Waals surface area contributed by atoms with E-state index in [0.717, 1.165) is 18.4 Å². The summed E-state index contributed by atoms with van der Waals surface area (Å²) in [7, 11) is -3.66. The van der Waals surface area contributed by atoms with E-state index in [4.69, 9.17) is 0 Å². The lowest BCUT2D eigenvalue weighted by Crippen LogP contribution is -2.30. The molecule has 4 rings (SSSR count). The summed E-state index contributed by atoms with van der Waals surface area (Å²) in [6.07, 6.45) is 1.64. The summed E-state index contributed by atoms with van der Waals surface area (Å²) in [6.45, 7) is -1.99. The molecule has 34 heavy (non-hydrogen) atoms. The van der Waals surface area contributed by atoms with Gasteiger partial charge in [-0.15, -0.1) is 0 Å². The fourth-order valence-corrected chi connectivity index (χ4v) is 5.50. The van der Waals surface area contributed by atoms with Gasteiger partial charge >= 0.3 is 6.61 Å². The number of hydrogen-bond acceptors (Lipinski definition) is 4. The number of carbonyl (C=O) groups is 1. The fraction of sp³-hybridized carbons (Fsp3) is 0.240. The van der Waals surface area contributed by atoms with E-state index in [-0.39, 0.29) is 16.2 Å². The van der Waals surface area contributed by atoms with Crippen LogP contribution in [-0.4, -0.2) is 38.3 Å². The highest BCUT2D eigenvalue weighted by atomic mass is 32.2. The van der Waals surface area contributed by atoms with Gasteiger partial charge in [0.15, 0.2) is 0 Å². The van der Waals surface area contributed by atoms with Crippen molar-refractivity contribution in [2.24, 2.45) is 0 Å². The third kappa shape index (κ3) is 5.43. The Morgan fingerprint density at radius 2 is 1.53 bits per heavy atom. The third-order valence-corrected chi connectivity index (χ3v) is 7.54. The molecule has 6 nitrogen and oxygen atoms in total. The van der Waals surface area contributed by atoms with Crippen LogP contribution in [0, 0.1) is 0 Å². The third-order valence-electron chi connectivity index (χ3n) is 5.65. The molecule has 1 fully saturated rings. The van der Waals surface area contributed by atoms with E-state index >= 15 is 0 Å². The van der Waals surface area contributed by atoms with Crippen molar-refractivity contribution in [2.45, 2.75) is 30.4 Å². The first kappa shape index (κ1) is 23.8. The van der Waals surface area contributed by atoms with Crippen LogP contribution in [0.25, 0.3) is 0 Å². The van der Waals surface area contributed by atoms with Crippen LogP contribution >= 0.6 is 0 Å². The Labute approximate surface area is 197 Å². The summed E-state index contributed by atoms with van der Waals surface area (Å²) in [5, 5.41) is 2.94. The van der Waals surface area contributed by atoms with Crippen molar-refractivity contribution in [1.29, 1.82) is 0 Å². The number of nitrogens with one attached hydrogen (secondary N) is 1. The molecule has 0 saturated carbocycles. The number of carbonyl (C=O) groups excluding carboxylic acids is 1. The van der Waals surface area contributed by atoms with Gasteiger partial charge in [0, 0.05) is 18.7 Å². The first-order valence-electron chi connectivity index (χ1n) is 10.9. The van der Waals surface area contributed by atoms with Crippen LogP contribution in [0.1, 0.15) is 40.4 Å². The predicted molar refractivity (Wildman–Crippen MR) is 123 cm³/mol. The Hall–Kier alpha value is -3.30. The molecule has 178 valence electrons. The molecule has 0 aliphatic carbocycles. The Bertz CT molecular complexity index is 1230. The van der Waals surface area contributed by atoms with Gasteiger partial charge in [0.25, 0.3) is 5.91 Å². The summed E-state index contributed by atoms with van der Waals surface area (Å²) in [6, 6.07) is 20.6. The lowest BCUT2D eigenvalue weighted by molar-refractivity contribution is -0.0498. The molecule has 1 N–H and O–H groups in total. The van der Waals surface area contributed by atoms with Gasteiger partial charge in [-0.1, -0.05) is 48.5 Å². The minimum absolute atomic E-state index is 0.0108. The number of sulfonamides is 1. The summed E-state index contributed by atoms with van der Waals surface area (Å²) in [5.74, 6) is -0.447. The van der Waals surface area contributed by atoms with Crippen LogP contribution in [0.15, 0.2) is 83.8 Å². The number of amides is 1. The van der Waals surface area contributed by atoms with Crippen molar-refractivity contribution >= 4 is 15.9 Å². The van der Waals surface area contributed by atoms with Crippen molar-refractivity contribution < 1.29 is 26.7 Å². The summed E-state index contributed by atoms with van der Waals surface area (Å²) in [4.78, 5) is 13.2. The molecule has 0 radical (unpaired) electrons. The second-order valence-corrected chi connectivity index (χ2v) is 9.84. The lowest BCUT2D eigenvalue weighted by atomic mass is 9.98. The van der Waals surface area contributed by atoms with Gasteiger partial charge in [0.05, 0.1) is 10.9 Å². The quantitative estimate of drug-likeness (QED) is 0.505. The molecule has 9 heteroatoms. The van der Waals surface area contributed by atoms with Gasteiger partial charge in [0.2, 0.25) is 10.0 Å². The zero-order chi connectivity index (χ0) is 24.1. The number of halogens is 2. The van der Waals surface area contributed by atoms with Crippen LogP contribution in [0.5, 0.6) is 5.75 Å². The average molecular weight is 487 g/mol. The van der Waals surface area contributed by atoms with E-state index in [2.05, 4.69) is 10.1 Å². The van der Waals surface area contributed by atoms with E-state index < -0.39 is 28.6 Å². The molecule has 3 aromatic carbocycles. The van der Waals surface area contributed by atoms with E-state index in [9.17, 15) is 22.0 Å². The number of alkyl halides is 2. The van der Waals surface area contributed by atoms with Gasteiger partial charge < -0.3 is 10.1 Å². The molecule has 0 bridgehead atoms. The summed E-state index contributed by atoms with van der Waals surface area (Å²) >= 11 is 0. The Morgan fingerprint density at radius 1 is 0.882 bits per heavy atom. The van der Waals surface area contributed by atoms with E-state index in [1.54, 1.807) is 24.3 Å². The second kappa shape index (κ2) is 10.3. The van der Waals surface area contributed by atoms with Gasteiger partial charge in [-0.25, -0.2) is 8.42 Å². The molecule has 1 aliphatic heterocycles. The Morgan fingerprint density at radius 3 is 2.18 bits per heavy atom. The predicted octanol–water partition coefficient (Wildman–Crippen LogP) is 4.59. The SMILES string of the molecule is O=C(NC(c1ccccc1)c1ccc(OC(F)F)cc1)c1cccc(S(=O)(=O)N2CCCC2)c1. The van der Waals surface area contributed by atoms with E-state index in [0.29, 0.717) is 18.7 Å². The average Bonchev–Trinajstić information content (AvgIpc) is 3.39. The normalized spacial score (nSPS) is 15.3. The van der Waals surface area contributed by atoms with Crippen LogP contribution in [0.4, 0.5) is 8.78 Å². The highest BCUT2D eigenvalue weighted by Crippen LogP contribution is 2.26. The molecular formula is C25H24F2N2O4S. The number of benzene rings is 3. The second-order valence-electron chi connectivity index (χ2n) is 7.90. The minimum Gasteiger partial charge on any atom is -0.435 e. The largest absolute Gasteiger partial charge is 0.435 e. The Kier molecular flexibility index (Phi) is 7.23. The molecular weight excluding hydrogens is 462 g/mol. The van der Waals surface area contributed by atoms with Gasteiger partial charge in [-0.05, 0) is 54.3 Å². The van der Waals surface area contributed by atoms with Crippen molar-refractivity contribution in [3.05, 3.63) is 95.6 Å². The highest BCUT2D eigenvalue weighted by molar-refractivity contribution is 7.89. The maximum Gasteiger partial charge on any atom is 0.387 e. The first-order chi connectivity index (χ1) is 16.3. The van der Waals surface area contributed by atoms with Crippen LogP contribution in [-0.2, 0) is 10.0 Å². The maximum absolute atomic E-state index is 13.2. The smallest absolute Gasteiger partial charge is 0.387 e. The maximum atomic E-state index is 13.2. The van der Waals surface area contributed by atoms with Gasteiger partial charge in [-0.2, -0.15) is 13.1 Å². The molecule has 3 aromatic rings. The van der Waals surface area contributed by atoms with Crippen LogP contribution < -0.4 is 10.1 Å². The van der Waals surface area contributed by atoms with Gasteiger partial charge in [0.1, 0.15) is 5.75 Å². The molecule has 1 atom stereocenters. The van der Waals surface area contributed by atoms with Crippen LogP contribution in [0.2, 0.25) is 0 Å². The van der Waals surface area contributed by atoms with Crippen LogP contribution in [0.3, 0.4) is 0 Å². The van der Waals surface area contributed by atoms with Crippen molar-refractivity contribution in [1.82, 2.24) is 9.62 Å². The number of hydrogen-bond donors (Lipinski definition) is 1. The molecule has 1 amide bonds. The molecule has 0 spiro atoms. The Balaban J connectivity index is 1.60. The molecule has 0 aromatic heterocycles. The lowest BCUT2D eigenvalue weighted by Gasteiger charge is -2.21. The van der Waals surface area contributed by atoms with E-state index in [1.807, 2.05) is 30.3 Å². The number of nitrogens with zero attached hydrogens (tertiary/aromatic N) is 1. The fourth-order valence-electron chi connectivity index (χ4n) is 3.94. The first-order valence-corrected chi connectivity index (χ1v) is 12.3. The standard InChI is InChI=1S/C25H24F2N2O4S/c26-25(27)33-21-13-11-19(12-14-21)23(18-7-2-1-3-8-18)28-24(30)20-9-6-10-22(17-20)34(31,32)29-15-4-5-16-29/h1-3,6-14,17,23,25H,4-5,15-16H2,(H,28,30). The zero-order valence-electron chi connectivity index (χ0n) is 18.2. The minimum atomic E-state index is -3.66. The highest BCUT2D eigenvalue weighted by Gasteiger charge is 2.28. The van der Waals surface area contributed by atoms with Gasteiger partial charge in [-0.3, -0.25) is 4.79 Å². The molecule has 1 heterocycles. The summed E-state index contributed by atoms with van der Waals surface area (Å²) < 4.78 is 56.7. The monoisotopic (exact) mass is 486 g/mol. The van der Waals surface area contributed by atoms with Crippen molar-refractivity contribution in [2.75, 3.05) is 13.1 Å². The number of ether oxygens (including phenoxy) is 1. The molecule has 1 saturated heterocycles. The topological polar surface area (TPSA) is 75.7 Å². The molecule has 1 aliphatic rings. The zero-order valence-corrected chi connectivity index (χ0v) is 19.0. The van der Waals surface area contributed by atoms with E-state index in [1.165, 1.54) is 28.6 Å².